The molecule has 0 spiro atoms. The highest BCUT2D eigenvalue weighted by molar-refractivity contribution is 9.09. The van der Waals surface area contributed by atoms with Crippen LogP contribution in [0.5, 0.6) is 0 Å². The highest BCUT2D eigenvalue weighted by atomic mass is 79.9. The number of halogens is 1. The molecule has 1 rings (SSSR count). The van der Waals surface area contributed by atoms with Gasteiger partial charge < -0.3 is 5.32 Å². The summed E-state index contributed by atoms with van der Waals surface area (Å²) in [6, 6.07) is 0.175. The minimum Gasteiger partial charge on any atom is -0.347 e. The van der Waals surface area contributed by atoms with Crippen molar-refractivity contribution in [3.05, 3.63) is 16.1 Å². The van der Waals surface area contributed by atoms with Gasteiger partial charge in [0.25, 0.3) is 5.91 Å². The third-order valence-corrected chi connectivity index (χ3v) is 3.68. The van der Waals surface area contributed by atoms with E-state index in [0.717, 1.165) is 16.8 Å². The summed E-state index contributed by atoms with van der Waals surface area (Å²) >= 11 is 4.92. The van der Waals surface area contributed by atoms with E-state index in [1.54, 1.807) is 5.38 Å². The molecule has 0 aliphatic heterocycles. The van der Waals surface area contributed by atoms with Crippen LogP contribution >= 0.6 is 27.3 Å². The molecule has 16 heavy (non-hydrogen) atoms. The number of alkyl halides is 1. The lowest BCUT2D eigenvalue weighted by Gasteiger charge is -2.17. The summed E-state index contributed by atoms with van der Waals surface area (Å²) in [7, 11) is 0. The number of hydrogen-bond donors (Lipinski definition) is 1. The zero-order valence-corrected chi connectivity index (χ0v) is 12.2. The first-order valence-electron chi connectivity index (χ1n) is 5.32. The number of amides is 1. The molecule has 0 radical (unpaired) electrons. The maximum atomic E-state index is 11.8. The SMILES string of the molecule is Cc1nc(C(=O)NC(CBr)CC(C)C)cs1. The number of rotatable bonds is 5. The molecule has 1 aromatic rings. The Labute approximate surface area is 109 Å². The molecule has 90 valence electrons. The van der Waals surface area contributed by atoms with Crippen molar-refractivity contribution >= 4 is 33.2 Å². The summed E-state index contributed by atoms with van der Waals surface area (Å²) in [5.74, 6) is 0.495. The van der Waals surface area contributed by atoms with Gasteiger partial charge in [0.2, 0.25) is 0 Å². The topological polar surface area (TPSA) is 42.0 Å². The van der Waals surface area contributed by atoms with E-state index in [1.165, 1.54) is 11.3 Å². The van der Waals surface area contributed by atoms with Crippen molar-refractivity contribution in [2.24, 2.45) is 5.92 Å². The Bertz CT molecular complexity index is 352. The molecule has 1 heterocycles. The molecule has 0 saturated heterocycles. The monoisotopic (exact) mass is 304 g/mol. The van der Waals surface area contributed by atoms with E-state index in [-0.39, 0.29) is 11.9 Å². The number of aryl methyl sites for hydroxylation is 1. The number of carbonyl (C=O) groups excluding carboxylic acids is 1. The van der Waals surface area contributed by atoms with Gasteiger partial charge in [-0.3, -0.25) is 4.79 Å². The maximum Gasteiger partial charge on any atom is 0.271 e. The van der Waals surface area contributed by atoms with E-state index in [1.807, 2.05) is 6.92 Å². The molecule has 0 aromatic carbocycles. The Morgan fingerprint density at radius 1 is 1.62 bits per heavy atom. The third-order valence-electron chi connectivity index (χ3n) is 2.13. The minimum atomic E-state index is -0.0746. The van der Waals surface area contributed by atoms with Crippen LogP contribution in [0.4, 0.5) is 0 Å². The first-order chi connectivity index (χ1) is 7.52. The van der Waals surface area contributed by atoms with Crippen LogP contribution < -0.4 is 5.32 Å². The number of hydrogen-bond acceptors (Lipinski definition) is 3. The number of carbonyl (C=O) groups is 1. The largest absolute Gasteiger partial charge is 0.347 e. The molecule has 0 aliphatic carbocycles. The molecule has 0 aliphatic rings. The summed E-state index contributed by atoms with van der Waals surface area (Å²) in [6.45, 7) is 6.20. The highest BCUT2D eigenvalue weighted by Gasteiger charge is 2.15. The highest BCUT2D eigenvalue weighted by Crippen LogP contribution is 2.10. The first kappa shape index (κ1) is 13.6. The van der Waals surface area contributed by atoms with Gasteiger partial charge in [0.05, 0.1) is 5.01 Å². The fraction of sp³-hybridized carbons (Fsp3) is 0.636. The van der Waals surface area contributed by atoms with E-state index < -0.39 is 0 Å². The van der Waals surface area contributed by atoms with Gasteiger partial charge in [-0.05, 0) is 19.3 Å². The van der Waals surface area contributed by atoms with Crippen LogP contribution in [-0.4, -0.2) is 22.3 Å². The van der Waals surface area contributed by atoms with Crippen LogP contribution in [0.15, 0.2) is 5.38 Å². The lowest BCUT2D eigenvalue weighted by molar-refractivity contribution is 0.0932. The van der Waals surface area contributed by atoms with E-state index in [9.17, 15) is 4.79 Å². The standard InChI is InChI=1S/C11H17BrN2OS/c1-7(2)4-9(5-12)14-11(15)10-6-16-8(3)13-10/h6-7,9H,4-5H2,1-3H3,(H,14,15). The molecule has 0 saturated carbocycles. The number of thiazole rings is 1. The van der Waals surface area contributed by atoms with Crippen LogP contribution in [0.3, 0.4) is 0 Å². The van der Waals surface area contributed by atoms with Crippen molar-refractivity contribution in [3.8, 4) is 0 Å². The fourth-order valence-corrected chi connectivity index (χ4v) is 2.48. The van der Waals surface area contributed by atoms with Gasteiger partial charge in [-0.25, -0.2) is 4.98 Å². The van der Waals surface area contributed by atoms with Gasteiger partial charge in [-0.15, -0.1) is 11.3 Å². The summed E-state index contributed by atoms with van der Waals surface area (Å²) in [5.41, 5.74) is 0.525. The van der Waals surface area contributed by atoms with Crippen molar-refractivity contribution in [2.45, 2.75) is 33.2 Å². The molecule has 1 unspecified atom stereocenters. The molecule has 3 nitrogen and oxygen atoms in total. The van der Waals surface area contributed by atoms with Gasteiger partial charge >= 0.3 is 0 Å². The molecule has 1 aromatic heterocycles. The average Bonchev–Trinajstić information content (AvgIpc) is 2.63. The molecule has 1 N–H and O–H groups in total. The van der Waals surface area contributed by atoms with E-state index >= 15 is 0 Å². The predicted molar refractivity (Wildman–Crippen MR) is 71.4 cm³/mol. The van der Waals surface area contributed by atoms with Gasteiger partial charge in [-0.1, -0.05) is 29.8 Å². The summed E-state index contributed by atoms with van der Waals surface area (Å²) in [5, 5.41) is 6.48. The Morgan fingerprint density at radius 2 is 2.31 bits per heavy atom. The van der Waals surface area contributed by atoms with Gasteiger partial charge in [-0.2, -0.15) is 0 Å². The second-order valence-corrected chi connectivity index (χ2v) is 5.92. The average molecular weight is 305 g/mol. The normalized spacial score (nSPS) is 12.8. The van der Waals surface area contributed by atoms with Crippen molar-refractivity contribution in [1.82, 2.24) is 10.3 Å². The minimum absolute atomic E-state index is 0.0746. The van der Waals surface area contributed by atoms with Crippen LogP contribution in [-0.2, 0) is 0 Å². The van der Waals surface area contributed by atoms with Crippen LogP contribution in [0.2, 0.25) is 0 Å². The van der Waals surface area contributed by atoms with E-state index in [2.05, 4.69) is 40.1 Å². The molecule has 0 bridgehead atoms. The predicted octanol–water partition coefficient (Wildman–Crippen LogP) is 2.99. The fourth-order valence-electron chi connectivity index (χ4n) is 1.46. The summed E-state index contributed by atoms with van der Waals surface area (Å²) in [6.07, 6.45) is 0.972. The van der Waals surface area contributed by atoms with E-state index in [4.69, 9.17) is 0 Å². The van der Waals surface area contributed by atoms with Crippen molar-refractivity contribution in [3.63, 3.8) is 0 Å². The Balaban J connectivity index is 2.55. The lowest BCUT2D eigenvalue weighted by Crippen LogP contribution is -2.37. The van der Waals surface area contributed by atoms with Crippen LogP contribution in [0.1, 0.15) is 35.8 Å². The third kappa shape index (κ3) is 4.22. The van der Waals surface area contributed by atoms with Crippen molar-refractivity contribution < 1.29 is 4.79 Å². The number of aromatic nitrogens is 1. The second kappa shape index (κ2) is 6.35. The molecular formula is C11H17BrN2OS. The smallest absolute Gasteiger partial charge is 0.271 e. The zero-order chi connectivity index (χ0) is 12.1. The lowest BCUT2D eigenvalue weighted by atomic mass is 10.1. The molecule has 1 atom stereocenters. The molecule has 1 amide bonds. The van der Waals surface area contributed by atoms with Crippen molar-refractivity contribution in [1.29, 1.82) is 0 Å². The van der Waals surface area contributed by atoms with Gasteiger partial charge in [0, 0.05) is 16.8 Å². The first-order valence-corrected chi connectivity index (χ1v) is 7.32. The van der Waals surface area contributed by atoms with Gasteiger partial charge in [0.15, 0.2) is 0 Å². The van der Waals surface area contributed by atoms with Crippen LogP contribution in [0, 0.1) is 12.8 Å². The summed E-state index contributed by atoms with van der Waals surface area (Å²) < 4.78 is 0. The van der Waals surface area contributed by atoms with Crippen molar-refractivity contribution in [2.75, 3.05) is 5.33 Å². The molecular weight excluding hydrogens is 288 g/mol. The molecule has 0 fully saturated rings. The Hall–Kier alpha value is -0.420. The quantitative estimate of drug-likeness (QED) is 0.850. The zero-order valence-electron chi connectivity index (χ0n) is 9.79. The van der Waals surface area contributed by atoms with Crippen LogP contribution in [0.25, 0.3) is 0 Å². The number of nitrogens with zero attached hydrogens (tertiary/aromatic N) is 1. The second-order valence-electron chi connectivity index (χ2n) is 4.21. The van der Waals surface area contributed by atoms with Gasteiger partial charge in [0.1, 0.15) is 5.69 Å². The summed E-state index contributed by atoms with van der Waals surface area (Å²) in [4.78, 5) is 16.0. The number of nitrogens with one attached hydrogen (secondary N) is 1. The Kier molecular flexibility index (Phi) is 5.41. The Morgan fingerprint density at radius 3 is 2.75 bits per heavy atom. The molecule has 5 heteroatoms. The maximum absolute atomic E-state index is 11.8. The van der Waals surface area contributed by atoms with E-state index in [0.29, 0.717) is 11.6 Å².